The molecule has 1 amide bonds. The van der Waals surface area contributed by atoms with E-state index in [1.165, 1.54) is 0 Å². The Kier molecular flexibility index (Phi) is 6.44. The zero-order valence-electron chi connectivity index (χ0n) is 10.7. The maximum absolute atomic E-state index is 11.3. The number of nitrogens with one attached hydrogen (secondary N) is 2. The molecule has 1 aromatic carbocycles. The molecule has 1 heterocycles. The molecule has 0 saturated heterocycles. The molecule has 0 saturated carbocycles. The van der Waals surface area contributed by atoms with Crippen LogP contribution in [0.15, 0.2) is 28.8 Å². The Balaban J connectivity index is 0.00000200. The lowest BCUT2D eigenvalue weighted by Crippen LogP contribution is -2.31. The van der Waals surface area contributed by atoms with Gasteiger partial charge in [0.2, 0.25) is 17.6 Å². The van der Waals surface area contributed by atoms with Crippen molar-refractivity contribution in [2.24, 2.45) is 0 Å². The zero-order chi connectivity index (χ0) is 13.7. The fourth-order valence-electron chi connectivity index (χ4n) is 1.47. The van der Waals surface area contributed by atoms with Crippen molar-refractivity contribution >= 4 is 29.9 Å². The Hall–Kier alpha value is -1.63. The number of likely N-dealkylation sites (N-methyl/N-ethyl adjacent to an activating group) is 1. The highest BCUT2D eigenvalue weighted by Crippen LogP contribution is 2.19. The summed E-state index contributed by atoms with van der Waals surface area (Å²) >= 11 is 5.89. The molecular formula is C12H14Cl2N4O2. The van der Waals surface area contributed by atoms with Crippen molar-refractivity contribution in [1.82, 2.24) is 20.8 Å². The van der Waals surface area contributed by atoms with Crippen molar-refractivity contribution in [2.75, 3.05) is 13.6 Å². The highest BCUT2D eigenvalue weighted by molar-refractivity contribution is 6.30. The first-order valence-corrected chi connectivity index (χ1v) is 6.06. The SMILES string of the molecule is CNCC(=O)NCc1nc(-c2cccc(Cl)c2)no1.Cl. The zero-order valence-corrected chi connectivity index (χ0v) is 12.3. The number of carbonyl (C=O) groups excluding carboxylic acids is 1. The predicted octanol–water partition coefficient (Wildman–Crippen LogP) is 1.65. The first kappa shape index (κ1) is 16.4. The number of hydrogen-bond donors (Lipinski definition) is 2. The van der Waals surface area contributed by atoms with E-state index in [1.54, 1.807) is 19.2 Å². The van der Waals surface area contributed by atoms with Crippen molar-refractivity contribution in [1.29, 1.82) is 0 Å². The molecule has 0 aliphatic heterocycles. The van der Waals surface area contributed by atoms with Crippen LogP contribution in [0.1, 0.15) is 5.89 Å². The molecule has 0 atom stereocenters. The van der Waals surface area contributed by atoms with E-state index in [0.717, 1.165) is 5.56 Å². The largest absolute Gasteiger partial charge is 0.346 e. The number of aromatic nitrogens is 2. The van der Waals surface area contributed by atoms with Crippen LogP contribution in [0, 0.1) is 0 Å². The van der Waals surface area contributed by atoms with Gasteiger partial charge in [-0.3, -0.25) is 4.79 Å². The molecular weight excluding hydrogens is 303 g/mol. The van der Waals surface area contributed by atoms with Crippen LogP contribution in [0.2, 0.25) is 5.02 Å². The Bertz CT molecular complexity index is 574. The van der Waals surface area contributed by atoms with Crippen LogP contribution < -0.4 is 10.6 Å². The summed E-state index contributed by atoms with van der Waals surface area (Å²) in [5, 5.41) is 9.84. The minimum atomic E-state index is -0.134. The minimum absolute atomic E-state index is 0. The van der Waals surface area contributed by atoms with Gasteiger partial charge in [-0.25, -0.2) is 0 Å². The third-order valence-electron chi connectivity index (χ3n) is 2.33. The number of nitrogens with zero attached hydrogens (tertiary/aromatic N) is 2. The molecule has 0 aliphatic rings. The second-order valence-corrected chi connectivity index (χ2v) is 4.27. The fourth-order valence-corrected chi connectivity index (χ4v) is 1.66. The van der Waals surface area contributed by atoms with Crippen LogP contribution in [0.3, 0.4) is 0 Å². The summed E-state index contributed by atoms with van der Waals surface area (Å²) in [6, 6.07) is 7.16. The summed E-state index contributed by atoms with van der Waals surface area (Å²) in [6.07, 6.45) is 0. The summed E-state index contributed by atoms with van der Waals surface area (Å²) < 4.78 is 5.05. The predicted molar refractivity (Wildman–Crippen MR) is 77.8 cm³/mol. The quantitative estimate of drug-likeness (QED) is 0.876. The number of hydrogen-bond acceptors (Lipinski definition) is 5. The van der Waals surface area contributed by atoms with Gasteiger partial charge in [-0.05, 0) is 19.2 Å². The molecule has 2 rings (SSSR count). The van der Waals surface area contributed by atoms with Crippen LogP contribution >= 0.6 is 24.0 Å². The van der Waals surface area contributed by atoms with Crippen molar-refractivity contribution in [3.63, 3.8) is 0 Å². The van der Waals surface area contributed by atoms with E-state index in [0.29, 0.717) is 16.7 Å². The average molecular weight is 317 g/mol. The van der Waals surface area contributed by atoms with Gasteiger partial charge < -0.3 is 15.2 Å². The van der Waals surface area contributed by atoms with Gasteiger partial charge in [0, 0.05) is 10.6 Å². The van der Waals surface area contributed by atoms with Crippen molar-refractivity contribution in [3.8, 4) is 11.4 Å². The van der Waals surface area contributed by atoms with Crippen molar-refractivity contribution in [2.45, 2.75) is 6.54 Å². The summed E-state index contributed by atoms with van der Waals surface area (Å²) in [5.41, 5.74) is 0.768. The molecule has 8 heteroatoms. The van der Waals surface area contributed by atoms with Gasteiger partial charge in [-0.15, -0.1) is 12.4 Å². The second-order valence-electron chi connectivity index (χ2n) is 3.83. The van der Waals surface area contributed by atoms with E-state index in [4.69, 9.17) is 16.1 Å². The molecule has 2 aromatic rings. The number of halogens is 2. The maximum Gasteiger partial charge on any atom is 0.246 e. The molecule has 0 bridgehead atoms. The maximum atomic E-state index is 11.3. The average Bonchev–Trinajstić information content (AvgIpc) is 2.85. The van der Waals surface area contributed by atoms with E-state index >= 15 is 0 Å². The summed E-state index contributed by atoms with van der Waals surface area (Å²) in [6.45, 7) is 0.448. The van der Waals surface area contributed by atoms with Gasteiger partial charge in [0.15, 0.2) is 0 Å². The van der Waals surface area contributed by atoms with E-state index in [2.05, 4.69) is 20.8 Å². The minimum Gasteiger partial charge on any atom is -0.346 e. The van der Waals surface area contributed by atoms with Crippen LogP contribution in [0.5, 0.6) is 0 Å². The van der Waals surface area contributed by atoms with Crippen molar-refractivity contribution < 1.29 is 9.32 Å². The first-order chi connectivity index (χ1) is 9.19. The van der Waals surface area contributed by atoms with Gasteiger partial charge in [-0.2, -0.15) is 4.98 Å². The molecule has 0 fully saturated rings. The summed E-state index contributed by atoms with van der Waals surface area (Å²) in [4.78, 5) is 15.4. The van der Waals surface area contributed by atoms with Gasteiger partial charge in [0.05, 0.1) is 13.1 Å². The Morgan fingerprint density at radius 3 is 2.95 bits per heavy atom. The molecule has 2 N–H and O–H groups in total. The Labute approximate surface area is 127 Å². The molecule has 20 heavy (non-hydrogen) atoms. The fraction of sp³-hybridized carbons (Fsp3) is 0.250. The number of benzene rings is 1. The molecule has 1 aromatic heterocycles. The molecule has 0 aliphatic carbocycles. The third-order valence-corrected chi connectivity index (χ3v) is 2.56. The van der Waals surface area contributed by atoms with E-state index in [-0.39, 0.29) is 31.4 Å². The molecule has 0 radical (unpaired) electrons. The lowest BCUT2D eigenvalue weighted by Gasteiger charge is -1.99. The number of rotatable bonds is 5. The normalized spacial score (nSPS) is 9.90. The topological polar surface area (TPSA) is 80.0 Å². The third kappa shape index (κ3) is 4.48. The van der Waals surface area contributed by atoms with Crippen LogP contribution in [-0.2, 0) is 11.3 Å². The van der Waals surface area contributed by atoms with E-state index in [9.17, 15) is 4.79 Å². The Morgan fingerprint density at radius 2 is 2.25 bits per heavy atom. The number of amides is 1. The summed E-state index contributed by atoms with van der Waals surface area (Å²) in [7, 11) is 1.70. The van der Waals surface area contributed by atoms with Crippen LogP contribution in [-0.4, -0.2) is 29.6 Å². The summed E-state index contributed by atoms with van der Waals surface area (Å²) in [5.74, 6) is 0.657. The number of carbonyl (C=O) groups is 1. The van der Waals surface area contributed by atoms with Crippen molar-refractivity contribution in [3.05, 3.63) is 35.2 Å². The molecule has 0 spiro atoms. The van der Waals surface area contributed by atoms with Crippen LogP contribution in [0.4, 0.5) is 0 Å². The van der Waals surface area contributed by atoms with Gasteiger partial charge in [-0.1, -0.05) is 28.9 Å². The highest BCUT2D eigenvalue weighted by Gasteiger charge is 2.09. The van der Waals surface area contributed by atoms with Crippen LogP contribution in [0.25, 0.3) is 11.4 Å². The second kappa shape index (κ2) is 7.84. The van der Waals surface area contributed by atoms with Gasteiger partial charge in [0.25, 0.3) is 0 Å². The van der Waals surface area contributed by atoms with Gasteiger partial charge >= 0.3 is 0 Å². The highest BCUT2D eigenvalue weighted by atomic mass is 35.5. The monoisotopic (exact) mass is 316 g/mol. The molecule has 108 valence electrons. The molecule has 6 nitrogen and oxygen atoms in total. The lowest BCUT2D eigenvalue weighted by molar-refractivity contribution is -0.120. The Morgan fingerprint density at radius 1 is 1.45 bits per heavy atom. The van der Waals surface area contributed by atoms with E-state index < -0.39 is 0 Å². The van der Waals surface area contributed by atoms with E-state index in [1.807, 2.05) is 12.1 Å². The standard InChI is InChI=1S/C12H13ClN4O2.ClH/c1-14-6-10(18)15-7-11-16-12(17-19-11)8-3-2-4-9(13)5-8;/h2-5,14H,6-7H2,1H3,(H,15,18);1H. The first-order valence-electron chi connectivity index (χ1n) is 5.69. The van der Waals surface area contributed by atoms with Gasteiger partial charge in [0.1, 0.15) is 0 Å². The molecule has 0 unspecified atom stereocenters. The lowest BCUT2D eigenvalue weighted by atomic mass is 10.2. The smallest absolute Gasteiger partial charge is 0.246 e.